The van der Waals surface area contributed by atoms with Gasteiger partial charge in [-0.3, -0.25) is 4.79 Å². The van der Waals surface area contributed by atoms with E-state index in [0.29, 0.717) is 19.4 Å². The van der Waals surface area contributed by atoms with E-state index >= 15 is 0 Å². The molecule has 0 aliphatic carbocycles. The highest BCUT2D eigenvalue weighted by Crippen LogP contribution is 2.12. The van der Waals surface area contributed by atoms with Crippen LogP contribution in [0.5, 0.6) is 0 Å². The Kier molecular flexibility index (Phi) is 4.70. The molecule has 0 radical (unpaired) electrons. The fourth-order valence-electron chi connectivity index (χ4n) is 1.73. The summed E-state index contributed by atoms with van der Waals surface area (Å²) in [5.41, 5.74) is 7.62. The lowest BCUT2D eigenvalue weighted by Gasteiger charge is -2.25. The van der Waals surface area contributed by atoms with Gasteiger partial charge >= 0.3 is 0 Å². The van der Waals surface area contributed by atoms with Gasteiger partial charge in [0, 0.05) is 6.54 Å². The zero-order valence-electron chi connectivity index (χ0n) is 10.9. The van der Waals surface area contributed by atoms with Crippen molar-refractivity contribution in [1.82, 2.24) is 5.32 Å². The van der Waals surface area contributed by atoms with E-state index in [1.807, 2.05) is 45.0 Å². The van der Waals surface area contributed by atoms with Crippen LogP contribution in [0.1, 0.15) is 37.8 Å². The van der Waals surface area contributed by atoms with Gasteiger partial charge in [-0.15, -0.1) is 0 Å². The molecule has 0 aromatic heterocycles. The van der Waals surface area contributed by atoms with Crippen LogP contribution in [0.25, 0.3) is 0 Å². The van der Waals surface area contributed by atoms with Gasteiger partial charge in [-0.25, -0.2) is 0 Å². The molecular formula is C14H22N2O. The molecule has 0 fully saturated rings. The van der Waals surface area contributed by atoms with Crippen molar-refractivity contribution in [3.8, 4) is 0 Å². The third-order valence-corrected chi connectivity index (χ3v) is 3.41. The maximum atomic E-state index is 12.0. The van der Waals surface area contributed by atoms with Crippen LogP contribution in [0.3, 0.4) is 0 Å². The average Bonchev–Trinajstić information content (AvgIpc) is 2.36. The number of aryl methyl sites for hydroxylation is 1. The Bertz CT molecular complexity index is 384. The molecule has 17 heavy (non-hydrogen) atoms. The third kappa shape index (κ3) is 3.30. The summed E-state index contributed by atoms with van der Waals surface area (Å²) in [6, 6.07) is 8.03. The smallest absolute Gasteiger partial charge is 0.240 e. The minimum absolute atomic E-state index is 0.0641. The van der Waals surface area contributed by atoms with E-state index < -0.39 is 5.54 Å². The first-order valence-corrected chi connectivity index (χ1v) is 6.15. The lowest BCUT2D eigenvalue weighted by Crippen LogP contribution is -2.52. The molecular weight excluding hydrogens is 212 g/mol. The van der Waals surface area contributed by atoms with Crippen molar-refractivity contribution in [1.29, 1.82) is 0 Å². The Morgan fingerprint density at radius 1 is 1.29 bits per heavy atom. The second-order valence-electron chi connectivity index (χ2n) is 4.47. The molecule has 1 amide bonds. The maximum Gasteiger partial charge on any atom is 0.240 e. The van der Waals surface area contributed by atoms with Gasteiger partial charge in [0.15, 0.2) is 0 Å². The molecule has 1 rings (SSSR count). The van der Waals surface area contributed by atoms with Crippen LogP contribution in [0, 0.1) is 6.92 Å². The first-order chi connectivity index (χ1) is 8.03. The van der Waals surface area contributed by atoms with Crippen LogP contribution in [0.4, 0.5) is 0 Å². The van der Waals surface area contributed by atoms with Crippen molar-refractivity contribution in [2.75, 3.05) is 0 Å². The van der Waals surface area contributed by atoms with Crippen LogP contribution in [0.2, 0.25) is 0 Å². The largest absolute Gasteiger partial charge is 0.350 e. The minimum atomic E-state index is -0.733. The summed E-state index contributed by atoms with van der Waals surface area (Å²) in [6.45, 7) is 6.47. The van der Waals surface area contributed by atoms with E-state index in [1.165, 1.54) is 5.56 Å². The molecule has 0 saturated carbocycles. The summed E-state index contributed by atoms with van der Waals surface area (Å²) < 4.78 is 0. The van der Waals surface area contributed by atoms with Gasteiger partial charge in [-0.1, -0.05) is 38.1 Å². The molecule has 1 aromatic rings. The Labute approximate surface area is 103 Å². The fourth-order valence-corrected chi connectivity index (χ4v) is 1.73. The van der Waals surface area contributed by atoms with Gasteiger partial charge < -0.3 is 11.1 Å². The highest BCUT2D eigenvalue weighted by atomic mass is 16.2. The van der Waals surface area contributed by atoms with Crippen molar-refractivity contribution in [3.05, 3.63) is 35.4 Å². The molecule has 0 unspecified atom stereocenters. The number of rotatable bonds is 5. The Morgan fingerprint density at radius 2 is 1.88 bits per heavy atom. The quantitative estimate of drug-likeness (QED) is 0.820. The first kappa shape index (κ1) is 13.7. The highest BCUT2D eigenvalue weighted by molar-refractivity contribution is 5.85. The van der Waals surface area contributed by atoms with Crippen LogP contribution in [-0.4, -0.2) is 11.4 Å². The van der Waals surface area contributed by atoms with Crippen molar-refractivity contribution >= 4 is 5.91 Å². The normalized spacial score (nSPS) is 11.3. The second kappa shape index (κ2) is 5.82. The predicted octanol–water partition coefficient (Wildman–Crippen LogP) is 2.13. The van der Waals surface area contributed by atoms with E-state index in [-0.39, 0.29) is 5.91 Å². The maximum absolute atomic E-state index is 12.0. The fraction of sp³-hybridized carbons (Fsp3) is 0.500. The lowest BCUT2D eigenvalue weighted by molar-refractivity contribution is -0.126. The molecule has 94 valence electrons. The standard InChI is InChI=1S/C14H22N2O/c1-4-14(15,5-2)13(17)16-10-12-9-7-6-8-11(12)3/h6-9H,4-5,10,15H2,1-3H3,(H,16,17). The summed E-state index contributed by atoms with van der Waals surface area (Å²) in [6.07, 6.45) is 1.31. The van der Waals surface area contributed by atoms with Gasteiger partial charge in [-0.2, -0.15) is 0 Å². The third-order valence-electron chi connectivity index (χ3n) is 3.41. The summed E-state index contributed by atoms with van der Waals surface area (Å²) in [7, 11) is 0. The summed E-state index contributed by atoms with van der Waals surface area (Å²) >= 11 is 0. The number of hydrogen-bond donors (Lipinski definition) is 2. The first-order valence-electron chi connectivity index (χ1n) is 6.15. The lowest BCUT2D eigenvalue weighted by atomic mass is 9.93. The zero-order valence-corrected chi connectivity index (χ0v) is 10.9. The van der Waals surface area contributed by atoms with Crippen LogP contribution in [0.15, 0.2) is 24.3 Å². The number of carbonyl (C=O) groups is 1. The van der Waals surface area contributed by atoms with Gasteiger partial charge in [0.25, 0.3) is 0 Å². The minimum Gasteiger partial charge on any atom is -0.350 e. The van der Waals surface area contributed by atoms with E-state index in [1.54, 1.807) is 0 Å². The Morgan fingerprint density at radius 3 is 2.41 bits per heavy atom. The molecule has 1 aromatic carbocycles. The molecule has 3 heteroatoms. The average molecular weight is 234 g/mol. The van der Waals surface area contributed by atoms with Gasteiger partial charge in [0.05, 0.1) is 5.54 Å². The SMILES string of the molecule is CCC(N)(CC)C(=O)NCc1ccccc1C. The molecule has 3 nitrogen and oxygen atoms in total. The van der Waals surface area contributed by atoms with Gasteiger partial charge in [0.1, 0.15) is 0 Å². The highest BCUT2D eigenvalue weighted by Gasteiger charge is 2.29. The number of hydrogen-bond acceptors (Lipinski definition) is 2. The van der Waals surface area contributed by atoms with Crippen LogP contribution >= 0.6 is 0 Å². The summed E-state index contributed by atoms with van der Waals surface area (Å²) in [5.74, 6) is -0.0641. The van der Waals surface area contributed by atoms with Crippen molar-refractivity contribution in [2.45, 2.75) is 45.7 Å². The molecule has 0 bridgehead atoms. The molecule has 3 N–H and O–H groups in total. The monoisotopic (exact) mass is 234 g/mol. The van der Waals surface area contributed by atoms with Gasteiger partial charge in [-0.05, 0) is 30.9 Å². The molecule has 0 atom stereocenters. The molecule has 0 aliphatic rings. The zero-order chi connectivity index (χ0) is 12.9. The van der Waals surface area contributed by atoms with Crippen molar-refractivity contribution in [2.24, 2.45) is 5.73 Å². The van der Waals surface area contributed by atoms with E-state index in [9.17, 15) is 4.79 Å². The Hall–Kier alpha value is -1.35. The molecule has 0 aliphatic heterocycles. The van der Waals surface area contributed by atoms with E-state index in [4.69, 9.17) is 5.73 Å². The predicted molar refractivity (Wildman–Crippen MR) is 70.5 cm³/mol. The van der Waals surface area contributed by atoms with E-state index in [0.717, 1.165) is 5.56 Å². The Balaban J connectivity index is 2.63. The molecule has 0 spiro atoms. The topological polar surface area (TPSA) is 55.1 Å². The van der Waals surface area contributed by atoms with Crippen molar-refractivity contribution < 1.29 is 4.79 Å². The van der Waals surface area contributed by atoms with Crippen LogP contribution in [-0.2, 0) is 11.3 Å². The number of carbonyl (C=O) groups excluding carboxylic acids is 1. The van der Waals surface area contributed by atoms with Crippen molar-refractivity contribution in [3.63, 3.8) is 0 Å². The number of benzene rings is 1. The molecule has 0 saturated heterocycles. The second-order valence-corrected chi connectivity index (χ2v) is 4.47. The number of amides is 1. The van der Waals surface area contributed by atoms with E-state index in [2.05, 4.69) is 5.32 Å². The van der Waals surface area contributed by atoms with Crippen LogP contribution < -0.4 is 11.1 Å². The summed E-state index contributed by atoms with van der Waals surface area (Å²) in [4.78, 5) is 12.0. The summed E-state index contributed by atoms with van der Waals surface area (Å²) in [5, 5.41) is 2.92. The number of nitrogens with one attached hydrogen (secondary N) is 1. The van der Waals surface area contributed by atoms with Gasteiger partial charge in [0.2, 0.25) is 5.91 Å². The molecule has 0 heterocycles. The number of nitrogens with two attached hydrogens (primary N) is 1.